The third-order valence-electron chi connectivity index (χ3n) is 3.64. The van der Waals surface area contributed by atoms with Gasteiger partial charge in [-0.15, -0.1) is 0 Å². The predicted octanol–water partition coefficient (Wildman–Crippen LogP) is 1.73. The fourth-order valence-electron chi connectivity index (χ4n) is 2.85. The Bertz CT molecular complexity index is 759. The molecule has 21 heavy (non-hydrogen) atoms. The van der Waals surface area contributed by atoms with Crippen molar-refractivity contribution in [2.45, 2.75) is 18.9 Å². The average Bonchev–Trinajstić information content (AvgIpc) is 2.84. The zero-order chi connectivity index (χ0) is 15.0. The molecule has 3 rings (SSSR count). The van der Waals surface area contributed by atoms with Crippen LogP contribution in [0.5, 0.6) is 0 Å². The van der Waals surface area contributed by atoms with Crippen molar-refractivity contribution in [1.29, 1.82) is 0 Å². The number of piperidine rings is 1. The number of nitrogens with one attached hydrogen (secondary N) is 2. The first-order valence-electron chi connectivity index (χ1n) is 6.77. The second-order valence-electron chi connectivity index (χ2n) is 5.43. The zero-order valence-electron chi connectivity index (χ0n) is 11.6. The predicted molar refractivity (Wildman–Crippen MR) is 84.3 cm³/mol. The summed E-state index contributed by atoms with van der Waals surface area (Å²) in [6.45, 7) is 1.51. The molecule has 8 heteroatoms. The van der Waals surface area contributed by atoms with Gasteiger partial charge in [0.15, 0.2) is 0 Å². The molecule has 1 atom stereocenters. The van der Waals surface area contributed by atoms with Crippen molar-refractivity contribution >= 4 is 38.2 Å². The lowest BCUT2D eigenvalue weighted by atomic mass is 10.0. The molecule has 0 bridgehead atoms. The van der Waals surface area contributed by atoms with Gasteiger partial charge in [0, 0.05) is 35.2 Å². The molecule has 0 spiro atoms. The number of fused-ring (bicyclic) bond motifs is 1. The van der Waals surface area contributed by atoms with Crippen molar-refractivity contribution in [2.24, 2.45) is 0 Å². The Kier molecular flexibility index (Phi) is 3.81. The molecule has 1 fully saturated rings. The maximum atomic E-state index is 11.4. The summed E-state index contributed by atoms with van der Waals surface area (Å²) < 4.78 is 25.5. The number of sulfonamides is 1. The number of anilines is 1. The second-order valence-corrected chi connectivity index (χ2v) is 7.65. The first-order valence-corrected chi connectivity index (χ1v) is 9.04. The summed E-state index contributed by atoms with van der Waals surface area (Å²) in [5.41, 5.74) is 1.88. The molecule has 2 aromatic rings. The molecule has 1 aromatic carbocycles. The minimum atomic E-state index is -3.19. The number of aromatic nitrogens is 2. The van der Waals surface area contributed by atoms with Crippen LogP contribution in [0.2, 0.25) is 5.02 Å². The highest BCUT2D eigenvalue weighted by molar-refractivity contribution is 7.88. The van der Waals surface area contributed by atoms with Crippen LogP contribution in [0.15, 0.2) is 18.3 Å². The average molecular weight is 329 g/mol. The lowest BCUT2D eigenvalue weighted by Gasteiger charge is -2.34. The molecule has 0 amide bonds. The minimum absolute atomic E-state index is 0.0744. The Morgan fingerprint density at radius 1 is 1.48 bits per heavy atom. The molecule has 6 nitrogen and oxygen atoms in total. The summed E-state index contributed by atoms with van der Waals surface area (Å²) >= 11 is 6.16. The highest BCUT2D eigenvalue weighted by atomic mass is 35.5. The minimum Gasteiger partial charge on any atom is -0.369 e. The van der Waals surface area contributed by atoms with Crippen LogP contribution in [0.25, 0.3) is 10.9 Å². The summed E-state index contributed by atoms with van der Waals surface area (Å²) in [5.74, 6) is 0. The molecule has 0 aliphatic carbocycles. The molecular formula is C13H17ClN4O2S. The fraction of sp³-hybridized carbons (Fsp3) is 0.462. The standard InChI is InChI=1S/C13H17ClN4O2S/c1-21(19,20)17-10-3-2-4-18(8-10)13-6-9(14)5-12-11(13)7-15-16-12/h5-7,10,17H,2-4,8H2,1H3,(H,15,16). The van der Waals surface area contributed by atoms with E-state index in [2.05, 4.69) is 19.8 Å². The number of aromatic amines is 1. The number of hydrogen-bond acceptors (Lipinski definition) is 4. The molecule has 1 aliphatic rings. The van der Waals surface area contributed by atoms with E-state index in [-0.39, 0.29) is 6.04 Å². The molecule has 1 saturated heterocycles. The molecular weight excluding hydrogens is 312 g/mol. The summed E-state index contributed by atoms with van der Waals surface area (Å²) in [7, 11) is -3.19. The van der Waals surface area contributed by atoms with Crippen LogP contribution in [0.1, 0.15) is 12.8 Å². The van der Waals surface area contributed by atoms with Crippen LogP contribution in [-0.4, -0.2) is 44.0 Å². The molecule has 2 heterocycles. The van der Waals surface area contributed by atoms with E-state index in [1.54, 1.807) is 6.20 Å². The number of halogens is 1. The molecule has 114 valence electrons. The molecule has 0 saturated carbocycles. The monoisotopic (exact) mass is 328 g/mol. The van der Waals surface area contributed by atoms with Gasteiger partial charge in [-0.1, -0.05) is 11.6 Å². The first-order chi connectivity index (χ1) is 9.92. The van der Waals surface area contributed by atoms with Gasteiger partial charge in [-0.25, -0.2) is 13.1 Å². The van der Waals surface area contributed by atoms with E-state index in [1.807, 2.05) is 12.1 Å². The van der Waals surface area contributed by atoms with Crippen LogP contribution in [0.3, 0.4) is 0 Å². The lowest BCUT2D eigenvalue weighted by Crippen LogP contribution is -2.47. The SMILES string of the molecule is CS(=O)(=O)NC1CCCN(c2cc(Cl)cc3[nH]ncc23)C1. The Labute approximate surface area is 128 Å². The summed E-state index contributed by atoms with van der Waals surface area (Å²) in [6.07, 6.45) is 4.74. The molecule has 1 unspecified atom stereocenters. The smallest absolute Gasteiger partial charge is 0.209 e. The van der Waals surface area contributed by atoms with Gasteiger partial charge in [0.1, 0.15) is 0 Å². The van der Waals surface area contributed by atoms with E-state index in [9.17, 15) is 8.42 Å². The third-order valence-corrected chi connectivity index (χ3v) is 4.62. The van der Waals surface area contributed by atoms with Crippen molar-refractivity contribution in [3.8, 4) is 0 Å². The van der Waals surface area contributed by atoms with Crippen LogP contribution < -0.4 is 9.62 Å². The van der Waals surface area contributed by atoms with Crippen LogP contribution >= 0.6 is 11.6 Å². The topological polar surface area (TPSA) is 78.1 Å². The summed E-state index contributed by atoms with van der Waals surface area (Å²) in [6, 6.07) is 3.67. The van der Waals surface area contributed by atoms with Crippen molar-refractivity contribution < 1.29 is 8.42 Å². The van der Waals surface area contributed by atoms with E-state index in [0.717, 1.165) is 36.0 Å². The van der Waals surface area contributed by atoms with Gasteiger partial charge in [0.05, 0.1) is 18.0 Å². The Morgan fingerprint density at radius 2 is 2.29 bits per heavy atom. The Morgan fingerprint density at radius 3 is 3.05 bits per heavy atom. The normalized spacial score (nSPS) is 20.1. The van der Waals surface area contributed by atoms with Crippen LogP contribution in [0.4, 0.5) is 5.69 Å². The Hall–Kier alpha value is -1.31. The van der Waals surface area contributed by atoms with Crippen LogP contribution in [-0.2, 0) is 10.0 Å². The maximum Gasteiger partial charge on any atom is 0.209 e. The second kappa shape index (κ2) is 5.47. The van der Waals surface area contributed by atoms with Gasteiger partial charge in [-0.2, -0.15) is 5.10 Å². The van der Waals surface area contributed by atoms with Gasteiger partial charge < -0.3 is 4.90 Å². The van der Waals surface area contributed by atoms with E-state index in [4.69, 9.17) is 11.6 Å². The number of nitrogens with zero attached hydrogens (tertiary/aromatic N) is 2. The molecule has 2 N–H and O–H groups in total. The third kappa shape index (κ3) is 3.30. The van der Waals surface area contributed by atoms with E-state index in [0.29, 0.717) is 11.6 Å². The molecule has 1 aromatic heterocycles. The summed E-state index contributed by atoms with van der Waals surface area (Å²) in [4.78, 5) is 2.16. The zero-order valence-corrected chi connectivity index (χ0v) is 13.2. The maximum absolute atomic E-state index is 11.4. The van der Waals surface area contributed by atoms with E-state index < -0.39 is 10.0 Å². The van der Waals surface area contributed by atoms with Crippen molar-refractivity contribution in [3.05, 3.63) is 23.4 Å². The highest BCUT2D eigenvalue weighted by Gasteiger charge is 2.24. The summed E-state index contributed by atoms with van der Waals surface area (Å²) in [5, 5.41) is 8.61. The number of rotatable bonds is 3. The largest absolute Gasteiger partial charge is 0.369 e. The van der Waals surface area contributed by atoms with Crippen molar-refractivity contribution in [1.82, 2.24) is 14.9 Å². The van der Waals surface area contributed by atoms with Gasteiger partial charge >= 0.3 is 0 Å². The molecule has 0 radical (unpaired) electrons. The van der Waals surface area contributed by atoms with Crippen LogP contribution in [0, 0.1) is 0 Å². The number of H-pyrrole nitrogens is 1. The van der Waals surface area contributed by atoms with Gasteiger partial charge in [-0.05, 0) is 25.0 Å². The van der Waals surface area contributed by atoms with Gasteiger partial charge in [0.2, 0.25) is 10.0 Å². The Balaban J connectivity index is 1.90. The first kappa shape index (κ1) is 14.6. The fourth-order valence-corrected chi connectivity index (χ4v) is 3.87. The van der Waals surface area contributed by atoms with E-state index >= 15 is 0 Å². The molecule has 1 aliphatic heterocycles. The number of benzene rings is 1. The lowest BCUT2D eigenvalue weighted by molar-refractivity contribution is 0.468. The number of hydrogen-bond donors (Lipinski definition) is 2. The van der Waals surface area contributed by atoms with Gasteiger partial charge in [0.25, 0.3) is 0 Å². The van der Waals surface area contributed by atoms with Crippen molar-refractivity contribution in [3.63, 3.8) is 0 Å². The highest BCUT2D eigenvalue weighted by Crippen LogP contribution is 2.31. The van der Waals surface area contributed by atoms with Gasteiger partial charge in [-0.3, -0.25) is 5.10 Å². The quantitative estimate of drug-likeness (QED) is 0.899. The van der Waals surface area contributed by atoms with E-state index in [1.165, 1.54) is 6.26 Å². The van der Waals surface area contributed by atoms with Crippen molar-refractivity contribution in [2.75, 3.05) is 24.2 Å².